The van der Waals surface area contributed by atoms with Crippen LogP contribution >= 0.6 is 0 Å². The number of rotatable bonds is 9. The monoisotopic (exact) mass is 534 g/mol. The zero-order valence-electron chi connectivity index (χ0n) is 23.6. The molecule has 6 nitrogen and oxygen atoms in total. The normalized spacial score (nSPS) is 13.8. The molecule has 0 heterocycles. The Balaban J connectivity index is 1.67. The maximum Gasteiger partial charge on any atom is 0.318 e. The van der Waals surface area contributed by atoms with E-state index in [9.17, 15) is 9.59 Å². The Labute approximate surface area is 237 Å². The Kier molecular flexibility index (Phi) is 9.57. The van der Waals surface area contributed by atoms with Crippen LogP contribution in [0, 0.1) is 0 Å². The molecule has 40 heavy (non-hydrogen) atoms. The van der Waals surface area contributed by atoms with E-state index in [0.717, 1.165) is 22.3 Å². The molecule has 4 aromatic rings. The molecular weight excluding hydrogens is 496 g/mol. The topological polar surface area (TPSA) is 64.7 Å². The van der Waals surface area contributed by atoms with Crippen LogP contribution in [0.25, 0.3) is 0 Å². The van der Waals surface area contributed by atoms with Gasteiger partial charge in [0, 0.05) is 14.1 Å². The Bertz CT molecular complexity index is 1240. The van der Waals surface area contributed by atoms with Crippen molar-refractivity contribution < 1.29 is 9.59 Å². The van der Waals surface area contributed by atoms with Crippen molar-refractivity contribution in [2.45, 2.75) is 38.0 Å². The first-order valence-corrected chi connectivity index (χ1v) is 13.6. The molecule has 0 aliphatic rings. The molecule has 0 aliphatic carbocycles. The molecular formula is C34H38N4O2. The van der Waals surface area contributed by atoms with Gasteiger partial charge in [0.25, 0.3) is 0 Å². The number of urea groups is 2. The molecule has 4 amide bonds. The second kappa shape index (κ2) is 13.5. The first kappa shape index (κ1) is 28.4. The van der Waals surface area contributed by atoms with Crippen LogP contribution in [0.15, 0.2) is 121 Å². The number of nitrogens with zero attached hydrogens (tertiary/aromatic N) is 2. The molecule has 0 unspecified atom stereocenters. The standard InChI is InChI=1S/C34H38N4O2/c1-25(27-17-9-5-10-18-27)35-33(39)37(3)31(29-21-13-7-14-22-29)32(30-23-15-8-16-24-30)38(4)34(40)36-26(2)28-19-11-6-12-20-28/h5-26,31-32H,1-4H3,(H,35,39)(H,36,40)/t25-,26-,31-,32-/m1/s1. The quantitative estimate of drug-likeness (QED) is 0.237. The number of likely N-dealkylation sites (N-methyl/N-ethyl adjacent to an activating group) is 2. The molecule has 4 rings (SSSR count). The summed E-state index contributed by atoms with van der Waals surface area (Å²) in [5, 5.41) is 6.28. The zero-order valence-corrected chi connectivity index (χ0v) is 23.6. The van der Waals surface area contributed by atoms with Crippen LogP contribution in [0.5, 0.6) is 0 Å². The van der Waals surface area contributed by atoms with Gasteiger partial charge < -0.3 is 20.4 Å². The molecule has 0 radical (unpaired) electrons. The molecule has 4 atom stereocenters. The lowest BCUT2D eigenvalue weighted by Crippen LogP contribution is -2.48. The van der Waals surface area contributed by atoms with Crippen molar-refractivity contribution in [3.05, 3.63) is 144 Å². The Hall–Kier alpha value is -4.58. The lowest BCUT2D eigenvalue weighted by molar-refractivity contribution is 0.127. The van der Waals surface area contributed by atoms with Gasteiger partial charge in [0.15, 0.2) is 0 Å². The van der Waals surface area contributed by atoms with E-state index in [0.29, 0.717) is 0 Å². The largest absolute Gasteiger partial charge is 0.331 e. The van der Waals surface area contributed by atoms with Crippen molar-refractivity contribution >= 4 is 12.1 Å². The van der Waals surface area contributed by atoms with Gasteiger partial charge in [-0.3, -0.25) is 0 Å². The van der Waals surface area contributed by atoms with E-state index in [2.05, 4.69) is 10.6 Å². The Morgan fingerprint density at radius 3 is 1.00 bits per heavy atom. The third-order valence-electron chi connectivity index (χ3n) is 7.34. The molecule has 0 fully saturated rings. The first-order chi connectivity index (χ1) is 19.4. The molecule has 0 bridgehead atoms. The summed E-state index contributed by atoms with van der Waals surface area (Å²) in [5.41, 5.74) is 3.90. The van der Waals surface area contributed by atoms with Crippen molar-refractivity contribution in [2.75, 3.05) is 14.1 Å². The van der Waals surface area contributed by atoms with Crippen LogP contribution in [-0.2, 0) is 0 Å². The van der Waals surface area contributed by atoms with Gasteiger partial charge in [-0.25, -0.2) is 9.59 Å². The van der Waals surface area contributed by atoms with Gasteiger partial charge in [-0.15, -0.1) is 0 Å². The molecule has 0 saturated heterocycles. The van der Waals surface area contributed by atoms with Gasteiger partial charge in [0.1, 0.15) is 0 Å². The minimum Gasteiger partial charge on any atom is -0.331 e. The van der Waals surface area contributed by atoms with Crippen LogP contribution in [0.2, 0.25) is 0 Å². The molecule has 4 aromatic carbocycles. The van der Waals surface area contributed by atoms with Crippen molar-refractivity contribution in [3.63, 3.8) is 0 Å². The molecule has 206 valence electrons. The van der Waals surface area contributed by atoms with Crippen LogP contribution in [0.3, 0.4) is 0 Å². The number of carbonyl (C=O) groups is 2. The number of hydrogen-bond acceptors (Lipinski definition) is 2. The van der Waals surface area contributed by atoms with Gasteiger partial charge in [0.05, 0.1) is 24.2 Å². The van der Waals surface area contributed by atoms with Gasteiger partial charge in [-0.05, 0) is 36.1 Å². The lowest BCUT2D eigenvalue weighted by Gasteiger charge is -2.40. The van der Waals surface area contributed by atoms with Crippen LogP contribution in [0.1, 0.15) is 60.3 Å². The summed E-state index contributed by atoms with van der Waals surface area (Å²) in [7, 11) is 3.58. The summed E-state index contributed by atoms with van der Waals surface area (Å²) in [6.45, 7) is 3.94. The van der Waals surface area contributed by atoms with Crippen molar-refractivity contribution in [2.24, 2.45) is 0 Å². The molecule has 0 spiro atoms. The molecule has 0 saturated carbocycles. The molecule has 6 heteroatoms. The summed E-state index contributed by atoms with van der Waals surface area (Å²) >= 11 is 0. The number of amides is 4. The highest BCUT2D eigenvalue weighted by Gasteiger charge is 2.36. The predicted molar refractivity (Wildman–Crippen MR) is 161 cm³/mol. The lowest BCUT2D eigenvalue weighted by atomic mass is 9.91. The highest BCUT2D eigenvalue weighted by Crippen LogP contribution is 2.38. The van der Waals surface area contributed by atoms with Gasteiger partial charge in [0.2, 0.25) is 0 Å². The fourth-order valence-corrected chi connectivity index (χ4v) is 5.01. The van der Waals surface area contributed by atoms with Crippen LogP contribution in [0.4, 0.5) is 9.59 Å². The highest BCUT2D eigenvalue weighted by molar-refractivity contribution is 5.77. The average Bonchev–Trinajstić information content (AvgIpc) is 3.00. The molecule has 0 aliphatic heterocycles. The molecule has 2 N–H and O–H groups in total. The van der Waals surface area contributed by atoms with Crippen molar-refractivity contribution in [1.29, 1.82) is 0 Å². The van der Waals surface area contributed by atoms with E-state index in [4.69, 9.17) is 0 Å². The molecule has 0 aromatic heterocycles. The second-order valence-electron chi connectivity index (χ2n) is 10.1. The van der Waals surface area contributed by atoms with E-state index < -0.39 is 12.1 Å². The third-order valence-corrected chi connectivity index (χ3v) is 7.34. The number of hydrogen-bond donors (Lipinski definition) is 2. The fourth-order valence-electron chi connectivity index (χ4n) is 5.01. The van der Waals surface area contributed by atoms with E-state index in [1.807, 2.05) is 135 Å². The summed E-state index contributed by atoms with van der Waals surface area (Å²) < 4.78 is 0. The van der Waals surface area contributed by atoms with Gasteiger partial charge in [-0.1, -0.05) is 121 Å². The summed E-state index contributed by atoms with van der Waals surface area (Å²) in [6, 6.07) is 37.8. The van der Waals surface area contributed by atoms with E-state index in [1.54, 1.807) is 23.9 Å². The first-order valence-electron chi connectivity index (χ1n) is 13.6. The second-order valence-corrected chi connectivity index (χ2v) is 10.1. The highest BCUT2D eigenvalue weighted by atomic mass is 16.2. The zero-order chi connectivity index (χ0) is 28.5. The Morgan fingerprint density at radius 1 is 0.475 bits per heavy atom. The van der Waals surface area contributed by atoms with Gasteiger partial charge in [-0.2, -0.15) is 0 Å². The number of carbonyl (C=O) groups excluding carboxylic acids is 2. The minimum atomic E-state index is -0.464. The van der Waals surface area contributed by atoms with Crippen molar-refractivity contribution in [1.82, 2.24) is 20.4 Å². The fraction of sp³-hybridized carbons (Fsp3) is 0.235. The van der Waals surface area contributed by atoms with E-state index in [1.165, 1.54) is 0 Å². The predicted octanol–water partition coefficient (Wildman–Crippen LogP) is 7.27. The number of benzene rings is 4. The maximum absolute atomic E-state index is 13.7. The van der Waals surface area contributed by atoms with Crippen molar-refractivity contribution in [3.8, 4) is 0 Å². The third kappa shape index (κ3) is 6.89. The maximum atomic E-state index is 13.7. The SMILES string of the molecule is C[C@@H](NC(=O)N(C)[C@H](c1ccccc1)[C@@H](c1ccccc1)N(C)C(=O)N[C@H](C)c1ccccc1)c1ccccc1. The van der Waals surface area contributed by atoms with Crippen LogP contribution in [-0.4, -0.2) is 36.0 Å². The summed E-state index contributed by atoms with van der Waals surface area (Å²) in [5.74, 6) is 0. The van der Waals surface area contributed by atoms with Crippen LogP contribution < -0.4 is 10.6 Å². The minimum absolute atomic E-state index is 0.185. The number of nitrogens with one attached hydrogen (secondary N) is 2. The van der Waals surface area contributed by atoms with E-state index >= 15 is 0 Å². The smallest absolute Gasteiger partial charge is 0.318 e. The summed E-state index contributed by atoms with van der Waals surface area (Å²) in [6.07, 6.45) is 0. The van der Waals surface area contributed by atoms with Gasteiger partial charge >= 0.3 is 12.1 Å². The Morgan fingerprint density at radius 2 is 0.725 bits per heavy atom. The average molecular weight is 535 g/mol. The van der Waals surface area contributed by atoms with E-state index in [-0.39, 0.29) is 24.1 Å². The summed E-state index contributed by atoms with van der Waals surface area (Å²) in [4.78, 5) is 30.9.